The molecule has 5 heteroatoms. The predicted octanol–water partition coefficient (Wildman–Crippen LogP) is 2.14. The number of amides is 2. The number of carbonyl (C=O) groups is 2. The SMILES string of the molecule is C=CC(=O)N1CCCc2cc(C(=O)N3CCC(C)(O)CC3)ccc21. The molecule has 2 amide bonds. The second-order valence-corrected chi connectivity index (χ2v) is 6.93. The number of fused-ring (bicyclic) bond motifs is 1. The van der Waals surface area contributed by atoms with E-state index in [2.05, 4.69) is 6.58 Å². The highest BCUT2D eigenvalue weighted by Crippen LogP contribution is 2.29. The lowest BCUT2D eigenvalue weighted by molar-refractivity contribution is -0.114. The van der Waals surface area contributed by atoms with Gasteiger partial charge < -0.3 is 14.9 Å². The zero-order chi connectivity index (χ0) is 17.3. The topological polar surface area (TPSA) is 60.9 Å². The zero-order valence-corrected chi connectivity index (χ0v) is 14.1. The molecule has 5 nitrogen and oxygen atoms in total. The van der Waals surface area contributed by atoms with Crippen LogP contribution in [0.5, 0.6) is 0 Å². The van der Waals surface area contributed by atoms with Crippen LogP contribution in [0, 0.1) is 0 Å². The summed E-state index contributed by atoms with van der Waals surface area (Å²) in [5.74, 6) is -0.103. The first-order valence-corrected chi connectivity index (χ1v) is 8.50. The van der Waals surface area contributed by atoms with Crippen molar-refractivity contribution in [2.45, 2.75) is 38.2 Å². The molecule has 0 saturated carbocycles. The Morgan fingerprint density at radius 2 is 1.96 bits per heavy atom. The van der Waals surface area contributed by atoms with E-state index in [0.717, 1.165) is 24.1 Å². The molecule has 0 aromatic heterocycles. The molecule has 2 aliphatic heterocycles. The fourth-order valence-corrected chi connectivity index (χ4v) is 3.44. The van der Waals surface area contributed by atoms with E-state index in [9.17, 15) is 14.7 Å². The quantitative estimate of drug-likeness (QED) is 0.846. The number of piperidine rings is 1. The summed E-state index contributed by atoms with van der Waals surface area (Å²) in [6.07, 6.45) is 4.28. The molecule has 2 heterocycles. The second kappa shape index (κ2) is 6.40. The van der Waals surface area contributed by atoms with Crippen LogP contribution >= 0.6 is 0 Å². The second-order valence-electron chi connectivity index (χ2n) is 6.93. The third kappa shape index (κ3) is 3.22. The lowest BCUT2D eigenvalue weighted by atomic mass is 9.93. The smallest absolute Gasteiger partial charge is 0.253 e. The van der Waals surface area contributed by atoms with Crippen LogP contribution in [0.1, 0.15) is 42.1 Å². The zero-order valence-electron chi connectivity index (χ0n) is 14.1. The summed E-state index contributed by atoms with van der Waals surface area (Å²) < 4.78 is 0. The van der Waals surface area contributed by atoms with Gasteiger partial charge in [-0.3, -0.25) is 9.59 Å². The standard InChI is InChI=1S/C19H24N2O3/c1-3-17(22)21-10-4-5-14-13-15(6-7-16(14)21)18(23)20-11-8-19(2,24)9-12-20/h3,6-7,13,24H,1,4-5,8-12H2,2H3. The van der Waals surface area contributed by atoms with Crippen molar-refractivity contribution in [3.8, 4) is 0 Å². The Morgan fingerprint density at radius 3 is 2.62 bits per heavy atom. The van der Waals surface area contributed by atoms with Gasteiger partial charge in [0, 0.05) is 30.9 Å². The first-order chi connectivity index (χ1) is 11.4. The summed E-state index contributed by atoms with van der Waals surface area (Å²) in [6.45, 7) is 7.21. The number of aliphatic hydroxyl groups is 1. The van der Waals surface area contributed by atoms with Gasteiger partial charge in [-0.2, -0.15) is 0 Å². The van der Waals surface area contributed by atoms with Crippen LogP contribution in [-0.4, -0.2) is 47.1 Å². The number of carbonyl (C=O) groups excluding carboxylic acids is 2. The van der Waals surface area contributed by atoms with Gasteiger partial charge in [-0.1, -0.05) is 6.58 Å². The molecule has 128 valence electrons. The Kier molecular flexibility index (Phi) is 4.45. The molecule has 24 heavy (non-hydrogen) atoms. The molecule has 0 aliphatic carbocycles. The number of nitrogens with zero attached hydrogens (tertiary/aromatic N) is 2. The van der Waals surface area contributed by atoms with Gasteiger partial charge in [-0.25, -0.2) is 0 Å². The minimum Gasteiger partial charge on any atom is -0.390 e. The number of benzene rings is 1. The molecule has 1 fully saturated rings. The van der Waals surface area contributed by atoms with Crippen LogP contribution in [0.25, 0.3) is 0 Å². The van der Waals surface area contributed by atoms with E-state index in [1.54, 1.807) is 15.9 Å². The number of aryl methyl sites for hydroxylation is 1. The van der Waals surface area contributed by atoms with Gasteiger partial charge in [0.25, 0.3) is 5.91 Å². The Morgan fingerprint density at radius 1 is 1.25 bits per heavy atom. The van der Waals surface area contributed by atoms with Crippen molar-refractivity contribution in [2.24, 2.45) is 0 Å². The number of hydrogen-bond acceptors (Lipinski definition) is 3. The van der Waals surface area contributed by atoms with Crippen molar-refractivity contribution < 1.29 is 14.7 Å². The van der Waals surface area contributed by atoms with Crippen LogP contribution in [0.3, 0.4) is 0 Å². The number of anilines is 1. The molecule has 1 N–H and O–H groups in total. The summed E-state index contributed by atoms with van der Waals surface area (Å²) in [7, 11) is 0. The average Bonchev–Trinajstić information content (AvgIpc) is 2.59. The molecular weight excluding hydrogens is 304 g/mol. The lowest BCUT2D eigenvalue weighted by Gasteiger charge is -2.36. The van der Waals surface area contributed by atoms with Gasteiger partial charge in [0.15, 0.2) is 0 Å². The maximum Gasteiger partial charge on any atom is 0.253 e. The number of likely N-dealkylation sites (tertiary alicyclic amines) is 1. The highest BCUT2D eigenvalue weighted by molar-refractivity contribution is 6.02. The largest absolute Gasteiger partial charge is 0.390 e. The van der Waals surface area contributed by atoms with Crippen LogP contribution in [0.2, 0.25) is 0 Å². The molecule has 1 saturated heterocycles. The Hall–Kier alpha value is -2.14. The van der Waals surface area contributed by atoms with Gasteiger partial charge >= 0.3 is 0 Å². The van der Waals surface area contributed by atoms with Gasteiger partial charge in [-0.05, 0) is 62.4 Å². The summed E-state index contributed by atoms with van der Waals surface area (Å²) in [5.41, 5.74) is 1.90. The molecule has 3 rings (SSSR count). The maximum absolute atomic E-state index is 12.7. The highest BCUT2D eigenvalue weighted by Gasteiger charge is 2.30. The molecule has 0 atom stereocenters. The highest BCUT2D eigenvalue weighted by atomic mass is 16.3. The van der Waals surface area contributed by atoms with Gasteiger partial charge in [0.2, 0.25) is 5.91 Å². The monoisotopic (exact) mass is 328 g/mol. The van der Waals surface area contributed by atoms with Crippen molar-refractivity contribution in [1.29, 1.82) is 0 Å². The summed E-state index contributed by atoms with van der Waals surface area (Å²) >= 11 is 0. The van der Waals surface area contributed by atoms with Crippen molar-refractivity contribution in [3.05, 3.63) is 42.0 Å². The van der Waals surface area contributed by atoms with E-state index in [-0.39, 0.29) is 11.8 Å². The van der Waals surface area contributed by atoms with Crippen LogP contribution < -0.4 is 4.90 Å². The maximum atomic E-state index is 12.7. The van der Waals surface area contributed by atoms with Gasteiger partial charge in [0.1, 0.15) is 0 Å². The Labute approximate surface area is 142 Å². The molecule has 0 radical (unpaired) electrons. The van der Waals surface area contributed by atoms with Crippen LogP contribution in [-0.2, 0) is 11.2 Å². The van der Waals surface area contributed by atoms with Crippen molar-refractivity contribution >= 4 is 17.5 Å². The van der Waals surface area contributed by atoms with Gasteiger partial charge in [-0.15, -0.1) is 0 Å². The number of hydrogen-bond donors (Lipinski definition) is 1. The normalized spacial score (nSPS) is 19.6. The molecule has 0 spiro atoms. The third-order valence-corrected chi connectivity index (χ3v) is 5.01. The van der Waals surface area contributed by atoms with Crippen LogP contribution in [0.15, 0.2) is 30.9 Å². The Bertz CT molecular complexity index is 671. The minimum absolute atomic E-state index is 0.000436. The summed E-state index contributed by atoms with van der Waals surface area (Å²) in [6, 6.07) is 5.57. The lowest BCUT2D eigenvalue weighted by Crippen LogP contribution is -2.45. The van der Waals surface area contributed by atoms with E-state index in [1.165, 1.54) is 6.08 Å². The van der Waals surface area contributed by atoms with Crippen molar-refractivity contribution in [3.63, 3.8) is 0 Å². The van der Waals surface area contributed by atoms with Crippen molar-refractivity contribution in [2.75, 3.05) is 24.5 Å². The molecule has 1 aromatic rings. The summed E-state index contributed by atoms with van der Waals surface area (Å²) in [4.78, 5) is 28.2. The van der Waals surface area contributed by atoms with E-state index < -0.39 is 5.60 Å². The predicted molar refractivity (Wildman–Crippen MR) is 93.1 cm³/mol. The van der Waals surface area contributed by atoms with E-state index in [0.29, 0.717) is 38.0 Å². The molecule has 0 unspecified atom stereocenters. The van der Waals surface area contributed by atoms with E-state index in [4.69, 9.17) is 0 Å². The Balaban J connectivity index is 1.80. The van der Waals surface area contributed by atoms with Gasteiger partial charge in [0.05, 0.1) is 5.60 Å². The average molecular weight is 328 g/mol. The van der Waals surface area contributed by atoms with E-state index >= 15 is 0 Å². The first-order valence-electron chi connectivity index (χ1n) is 8.50. The van der Waals surface area contributed by atoms with E-state index in [1.807, 2.05) is 19.1 Å². The fraction of sp³-hybridized carbons (Fsp3) is 0.474. The van der Waals surface area contributed by atoms with Crippen molar-refractivity contribution in [1.82, 2.24) is 4.90 Å². The summed E-state index contributed by atoms with van der Waals surface area (Å²) in [5, 5.41) is 10.0. The fourth-order valence-electron chi connectivity index (χ4n) is 3.44. The first kappa shape index (κ1) is 16.7. The minimum atomic E-state index is -0.668. The molecular formula is C19H24N2O3. The van der Waals surface area contributed by atoms with Crippen LogP contribution in [0.4, 0.5) is 5.69 Å². The third-order valence-electron chi connectivity index (χ3n) is 5.01. The molecule has 0 bridgehead atoms. The molecule has 1 aromatic carbocycles. The molecule has 2 aliphatic rings. The number of rotatable bonds is 2.